The van der Waals surface area contributed by atoms with Gasteiger partial charge in [-0.3, -0.25) is 4.79 Å². The highest BCUT2D eigenvalue weighted by atomic mass is 16.5. The van der Waals surface area contributed by atoms with Crippen LogP contribution in [0.15, 0.2) is 48.5 Å². The summed E-state index contributed by atoms with van der Waals surface area (Å²) in [6, 6.07) is 15.2. The highest BCUT2D eigenvalue weighted by Gasteiger charge is 2.02. The van der Waals surface area contributed by atoms with Gasteiger partial charge in [0.05, 0.1) is 12.7 Å². The molecule has 0 unspecified atom stereocenters. The summed E-state index contributed by atoms with van der Waals surface area (Å²) in [5.74, 6) is 6.63. The molecule has 0 saturated heterocycles. The molecular weight excluding hydrogens is 264 g/mol. The quantitative estimate of drug-likeness (QED) is 0.640. The largest absolute Gasteiger partial charge is 0.495 e. The monoisotopic (exact) mass is 280 g/mol. The molecule has 0 atom stereocenters. The predicted octanol–water partition coefficient (Wildman–Crippen LogP) is 3.16. The van der Waals surface area contributed by atoms with Gasteiger partial charge in [-0.2, -0.15) is 0 Å². The normalized spacial score (nSPS) is 9.43. The van der Waals surface area contributed by atoms with Gasteiger partial charge in [0.2, 0.25) is 0 Å². The van der Waals surface area contributed by atoms with Gasteiger partial charge < -0.3 is 9.47 Å². The van der Waals surface area contributed by atoms with Crippen molar-refractivity contribution in [2.75, 3.05) is 7.11 Å². The lowest BCUT2D eigenvalue weighted by Gasteiger charge is -2.05. The Hall–Kier alpha value is -2.73. The summed E-state index contributed by atoms with van der Waals surface area (Å²) in [4.78, 5) is 10.9. The average Bonchev–Trinajstić information content (AvgIpc) is 2.51. The predicted molar refractivity (Wildman–Crippen MR) is 80.9 cm³/mol. The van der Waals surface area contributed by atoms with Crippen LogP contribution in [0.1, 0.15) is 23.6 Å². The first kappa shape index (κ1) is 14.7. The lowest BCUT2D eigenvalue weighted by molar-refractivity contribution is -0.142. The van der Waals surface area contributed by atoms with E-state index >= 15 is 0 Å². The van der Waals surface area contributed by atoms with Crippen LogP contribution >= 0.6 is 0 Å². The molecule has 0 aliphatic rings. The minimum Gasteiger partial charge on any atom is -0.495 e. The van der Waals surface area contributed by atoms with E-state index in [-0.39, 0.29) is 12.6 Å². The molecule has 0 aliphatic heterocycles. The molecule has 0 aromatic heterocycles. The first-order valence-electron chi connectivity index (χ1n) is 6.57. The Bertz CT molecular complexity index is 693. The summed E-state index contributed by atoms with van der Waals surface area (Å²) in [6.45, 7) is 1.62. The minimum absolute atomic E-state index is 0.228. The fourth-order valence-electron chi connectivity index (χ4n) is 1.83. The first-order valence-corrected chi connectivity index (χ1v) is 6.57. The van der Waals surface area contributed by atoms with E-state index in [9.17, 15) is 4.79 Å². The van der Waals surface area contributed by atoms with Crippen LogP contribution in [0.25, 0.3) is 0 Å². The highest BCUT2D eigenvalue weighted by molar-refractivity contribution is 5.66. The van der Waals surface area contributed by atoms with E-state index in [4.69, 9.17) is 9.47 Å². The maximum atomic E-state index is 10.9. The zero-order chi connectivity index (χ0) is 15.1. The molecule has 106 valence electrons. The number of carbonyl (C=O) groups excluding carboxylic acids is 1. The highest BCUT2D eigenvalue weighted by Crippen LogP contribution is 2.16. The average molecular weight is 280 g/mol. The van der Waals surface area contributed by atoms with Crippen molar-refractivity contribution in [3.63, 3.8) is 0 Å². The number of methoxy groups -OCH3 is 1. The Morgan fingerprint density at radius 3 is 2.33 bits per heavy atom. The van der Waals surface area contributed by atoms with Crippen molar-refractivity contribution >= 4 is 5.97 Å². The maximum absolute atomic E-state index is 10.9. The molecule has 0 N–H and O–H groups in total. The van der Waals surface area contributed by atoms with Crippen LogP contribution in [-0.2, 0) is 16.1 Å². The number of carbonyl (C=O) groups is 1. The molecule has 0 bridgehead atoms. The van der Waals surface area contributed by atoms with Gasteiger partial charge in [-0.25, -0.2) is 0 Å². The third-order valence-electron chi connectivity index (χ3n) is 2.89. The van der Waals surface area contributed by atoms with Gasteiger partial charge >= 0.3 is 5.97 Å². The molecule has 2 rings (SSSR count). The Morgan fingerprint density at radius 2 is 1.62 bits per heavy atom. The Labute approximate surface area is 124 Å². The number of hydrogen-bond acceptors (Lipinski definition) is 3. The third-order valence-corrected chi connectivity index (χ3v) is 2.89. The van der Waals surface area contributed by atoms with Crippen LogP contribution in [0.4, 0.5) is 0 Å². The van der Waals surface area contributed by atoms with Crippen molar-refractivity contribution in [2.24, 2.45) is 0 Å². The number of esters is 1. The van der Waals surface area contributed by atoms with Crippen LogP contribution in [0.3, 0.4) is 0 Å². The Morgan fingerprint density at radius 1 is 1.00 bits per heavy atom. The summed E-state index contributed by atoms with van der Waals surface area (Å²) in [5, 5.41) is 0. The number of ether oxygens (including phenoxy) is 2. The van der Waals surface area contributed by atoms with E-state index in [0.717, 1.165) is 22.4 Å². The molecule has 0 aliphatic carbocycles. The zero-order valence-electron chi connectivity index (χ0n) is 12.1. The first-order chi connectivity index (χ1) is 10.2. The SMILES string of the molecule is COc1ccccc1C#Cc1ccccc1COC(C)=O. The van der Waals surface area contributed by atoms with E-state index in [0.29, 0.717) is 0 Å². The summed E-state index contributed by atoms with van der Waals surface area (Å²) >= 11 is 0. The Balaban J connectivity index is 2.28. The van der Waals surface area contributed by atoms with Gasteiger partial charge in [-0.15, -0.1) is 0 Å². The summed E-state index contributed by atoms with van der Waals surface area (Å²) in [5.41, 5.74) is 2.54. The van der Waals surface area contributed by atoms with Crippen LogP contribution in [0.5, 0.6) is 5.75 Å². The van der Waals surface area contributed by atoms with Crippen molar-refractivity contribution in [3.8, 4) is 17.6 Å². The number of para-hydroxylation sites is 1. The molecular formula is C18H16O3. The van der Waals surface area contributed by atoms with E-state index in [1.165, 1.54) is 6.92 Å². The van der Waals surface area contributed by atoms with Crippen molar-refractivity contribution < 1.29 is 14.3 Å². The van der Waals surface area contributed by atoms with Gasteiger partial charge in [0.15, 0.2) is 0 Å². The molecule has 0 heterocycles. The molecule has 2 aromatic carbocycles. The van der Waals surface area contributed by atoms with Gasteiger partial charge in [0.25, 0.3) is 0 Å². The van der Waals surface area contributed by atoms with Crippen LogP contribution in [0, 0.1) is 11.8 Å². The number of benzene rings is 2. The molecule has 0 radical (unpaired) electrons. The zero-order valence-corrected chi connectivity index (χ0v) is 12.1. The van der Waals surface area contributed by atoms with Crippen LogP contribution in [-0.4, -0.2) is 13.1 Å². The van der Waals surface area contributed by atoms with Gasteiger partial charge in [-0.05, 0) is 18.2 Å². The molecule has 3 heteroatoms. The molecule has 0 spiro atoms. The fraction of sp³-hybridized carbons (Fsp3) is 0.167. The van der Waals surface area contributed by atoms with E-state index < -0.39 is 0 Å². The third kappa shape index (κ3) is 4.12. The maximum Gasteiger partial charge on any atom is 0.302 e. The molecule has 21 heavy (non-hydrogen) atoms. The molecule has 3 nitrogen and oxygen atoms in total. The van der Waals surface area contributed by atoms with Crippen molar-refractivity contribution in [3.05, 3.63) is 65.2 Å². The smallest absolute Gasteiger partial charge is 0.302 e. The molecule has 2 aromatic rings. The van der Waals surface area contributed by atoms with Crippen molar-refractivity contribution in [1.82, 2.24) is 0 Å². The number of hydrogen-bond donors (Lipinski definition) is 0. The Kier molecular flexibility index (Phi) is 5.00. The second-order valence-corrected chi connectivity index (χ2v) is 4.39. The van der Waals surface area contributed by atoms with Gasteiger partial charge in [0, 0.05) is 18.1 Å². The van der Waals surface area contributed by atoms with Gasteiger partial charge in [-0.1, -0.05) is 42.2 Å². The van der Waals surface area contributed by atoms with Crippen molar-refractivity contribution in [2.45, 2.75) is 13.5 Å². The second-order valence-electron chi connectivity index (χ2n) is 4.39. The van der Waals surface area contributed by atoms with E-state index in [1.54, 1.807) is 7.11 Å². The summed E-state index contributed by atoms with van der Waals surface area (Å²) in [6.07, 6.45) is 0. The fourth-order valence-corrected chi connectivity index (χ4v) is 1.83. The lowest BCUT2D eigenvalue weighted by atomic mass is 10.1. The topological polar surface area (TPSA) is 35.5 Å². The van der Waals surface area contributed by atoms with E-state index in [1.807, 2.05) is 48.5 Å². The number of rotatable bonds is 3. The van der Waals surface area contributed by atoms with E-state index in [2.05, 4.69) is 11.8 Å². The lowest BCUT2D eigenvalue weighted by Crippen LogP contribution is -2.00. The molecule has 0 saturated carbocycles. The second kappa shape index (κ2) is 7.16. The van der Waals surface area contributed by atoms with Crippen molar-refractivity contribution in [1.29, 1.82) is 0 Å². The molecule has 0 amide bonds. The summed E-state index contributed by atoms with van der Waals surface area (Å²) < 4.78 is 10.3. The van der Waals surface area contributed by atoms with Gasteiger partial charge in [0.1, 0.15) is 12.4 Å². The van der Waals surface area contributed by atoms with Crippen LogP contribution < -0.4 is 4.74 Å². The van der Waals surface area contributed by atoms with Crippen LogP contribution in [0.2, 0.25) is 0 Å². The molecule has 0 fully saturated rings. The standard InChI is InChI=1S/C18H16O3/c1-14(19)21-13-17-9-4-3-7-15(17)11-12-16-8-5-6-10-18(16)20-2/h3-10H,13H2,1-2H3. The minimum atomic E-state index is -0.303. The summed E-state index contributed by atoms with van der Waals surface area (Å²) in [7, 11) is 1.62.